The van der Waals surface area contributed by atoms with Gasteiger partial charge in [0.05, 0.1) is 18.7 Å². The Morgan fingerprint density at radius 3 is 2.59 bits per heavy atom. The molecule has 0 unspecified atom stereocenters. The van der Waals surface area contributed by atoms with Crippen LogP contribution < -0.4 is 20.2 Å². The van der Waals surface area contributed by atoms with E-state index in [1.54, 1.807) is 6.07 Å². The Kier molecular flexibility index (Phi) is 7.57. The van der Waals surface area contributed by atoms with Gasteiger partial charge in [0.25, 0.3) is 0 Å². The van der Waals surface area contributed by atoms with Crippen LogP contribution in [0.2, 0.25) is 0 Å². The maximum absolute atomic E-state index is 14.7. The van der Waals surface area contributed by atoms with Gasteiger partial charge in [-0.1, -0.05) is 6.07 Å². The number of hydrogen-bond acceptors (Lipinski definition) is 6. The number of alkyl halides is 2. The molecule has 3 rings (SSSR count). The minimum absolute atomic E-state index is 0.00538. The van der Waals surface area contributed by atoms with Crippen molar-refractivity contribution in [2.75, 3.05) is 19.0 Å². The number of carbonyl (C=O) groups excluding carboxylic acids is 1. The zero-order valence-corrected chi connectivity index (χ0v) is 17.9. The molecule has 8 nitrogen and oxygen atoms in total. The summed E-state index contributed by atoms with van der Waals surface area (Å²) in [4.78, 5) is 25.0. The highest BCUT2D eigenvalue weighted by Gasteiger charge is 2.37. The molecule has 0 radical (unpaired) electrons. The van der Waals surface area contributed by atoms with Crippen molar-refractivity contribution in [2.45, 2.75) is 18.9 Å². The summed E-state index contributed by atoms with van der Waals surface area (Å²) in [5, 5.41) is 14.1. The molecule has 34 heavy (non-hydrogen) atoms. The number of nitriles is 1. The second-order valence-corrected chi connectivity index (χ2v) is 6.95. The standard InChI is InChI=1S/C22H18F4N6O2/c1-34-32-18(10-20(33)30-12-17-15(23)5-4-8-28-17)14(11-27)9-16(24)21(32)31-13-22(25,26)19-6-2-3-7-29-19/h2-9H,10,12-13H2,1H3,(H,30,33)/p+1. The van der Waals surface area contributed by atoms with Gasteiger partial charge in [-0.05, 0) is 29.0 Å². The SMILES string of the molecule is CO[n+]1c(CC(=O)NCc2ncccc2F)c(C#N)cc(F)c1NCC(F)(F)c1ccccn1. The molecule has 176 valence electrons. The molecular formula is C22H19F4N6O2+. The molecule has 0 aliphatic rings. The molecule has 3 aromatic heterocycles. The molecule has 0 aliphatic heterocycles. The highest BCUT2D eigenvalue weighted by atomic mass is 19.3. The first-order valence-electron chi connectivity index (χ1n) is 9.88. The average molecular weight is 475 g/mol. The van der Waals surface area contributed by atoms with Gasteiger partial charge in [-0.25, -0.2) is 4.39 Å². The first-order valence-corrected chi connectivity index (χ1v) is 9.88. The van der Waals surface area contributed by atoms with E-state index in [0.717, 1.165) is 24.0 Å². The molecule has 0 spiro atoms. The van der Waals surface area contributed by atoms with Gasteiger partial charge in [0.1, 0.15) is 30.3 Å². The van der Waals surface area contributed by atoms with E-state index >= 15 is 0 Å². The van der Waals surface area contributed by atoms with Gasteiger partial charge in [0.2, 0.25) is 11.7 Å². The summed E-state index contributed by atoms with van der Waals surface area (Å²) >= 11 is 0. The first-order chi connectivity index (χ1) is 16.3. The van der Waals surface area contributed by atoms with Crippen LogP contribution >= 0.6 is 0 Å². The normalized spacial score (nSPS) is 10.9. The summed E-state index contributed by atoms with van der Waals surface area (Å²) in [6, 6.07) is 9.12. The van der Waals surface area contributed by atoms with Crippen molar-refractivity contribution < 1.29 is 31.9 Å². The molecule has 1 amide bonds. The lowest BCUT2D eigenvalue weighted by molar-refractivity contribution is -0.879. The number of hydrogen-bond donors (Lipinski definition) is 2. The Labute approximate surface area is 191 Å². The van der Waals surface area contributed by atoms with Gasteiger partial charge in [-0.3, -0.25) is 20.1 Å². The third-order valence-electron chi connectivity index (χ3n) is 4.69. The molecule has 0 atom stereocenters. The predicted molar refractivity (Wildman–Crippen MR) is 110 cm³/mol. The van der Waals surface area contributed by atoms with E-state index in [-0.39, 0.29) is 23.5 Å². The smallest absolute Gasteiger partial charge is 0.350 e. The highest BCUT2D eigenvalue weighted by molar-refractivity contribution is 5.78. The summed E-state index contributed by atoms with van der Waals surface area (Å²) < 4.78 is 58.1. The van der Waals surface area contributed by atoms with Crippen LogP contribution in [0.15, 0.2) is 48.8 Å². The lowest BCUT2D eigenvalue weighted by Gasteiger charge is -2.16. The van der Waals surface area contributed by atoms with Crippen molar-refractivity contribution in [3.8, 4) is 6.07 Å². The zero-order chi connectivity index (χ0) is 24.7. The number of amides is 1. The number of rotatable bonds is 9. The van der Waals surface area contributed by atoms with E-state index < -0.39 is 47.9 Å². The number of anilines is 1. The topological polar surface area (TPSA) is 104 Å². The van der Waals surface area contributed by atoms with Crippen LogP contribution in [0.4, 0.5) is 23.4 Å². The fourth-order valence-electron chi connectivity index (χ4n) is 3.05. The molecule has 0 aliphatic carbocycles. The monoisotopic (exact) mass is 475 g/mol. The third-order valence-corrected chi connectivity index (χ3v) is 4.69. The van der Waals surface area contributed by atoms with Crippen molar-refractivity contribution in [1.82, 2.24) is 15.3 Å². The Bertz CT molecular complexity index is 1220. The van der Waals surface area contributed by atoms with Crippen LogP contribution in [-0.4, -0.2) is 29.5 Å². The maximum atomic E-state index is 14.7. The Morgan fingerprint density at radius 1 is 1.18 bits per heavy atom. The van der Waals surface area contributed by atoms with Gasteiger partial charge in [-0.15, -0.1) is 0 Å². The van der Waals surface area contributed by atoms with Gasteiger partial charge in [0.15, 0.2) is 12.2 Å². The van der Waals surface area contributed by atoms with E-state index in [1.165, 1.54) is 36.7 Å². The number of halogens is 4. The fraction of sp³-hybridized carbons (Fsp3) is 0.227. The zero-order valence-electron chi connectivity index (χ0n) is 17.9. The molecule has 0 saturated carbocycles. The average Bonchev–Trinajstić information content (AvgIpc) is 2.83. The van der Waals surface area contributed by atoms with Crippen molar-refractivity contribution in [1.29, 1.82) is 5.26 Å². The summed E-state index contributed by atoms with van der Waals surface area (Å²) in [5.41, 5.74) is -0.884. The van der Waals surface area contributed by atoms with Crippen LogP contribution in [-0.2, 0) is 23.7 Å². The lowest BCUT2D eigenvalue weighted by Crippen LogP contribution is -2.50. The van der Waals surface area contributed by atoms with E-state index in [0.29, 0.717) is 0 Å². The summed E-state index contributed by atoms with van der Waals surface area (Å²) in [6.07, 6.45) is 2.07. The Morgan fingerprint density at radius 2 is 1.94 bits per heavy atom. The van der Waals surface area contributed by atoms with Crippen LogP contribution in [0, 0.1) is 23.0 Å². The molecule has 3 aromatic rings. The second-order valence-electron chi connectivity index (χ2n) is 6.95. The molecule has 0 fully saturated rings. The summed E-state index contributed by atoms with van der Waals surface area (Å²) in [7, 11) is 1.12. The molecule has 0 aromatic carbocycles. The number of aromatic nitrogens is 3. The summed E-state index contributed by atoms with van der Waals surface area (Å²) in [6.45, 7) is -1.27. The number of nitrogens with one attached hydrogen (secondary N) is 2. The van der Waals surface area contributed by atoms with E-state index in [4.69, 9.17) is 4.84 Å². The third kappa shape index (κ3) is 5.55. The molecule has 12 heteroatoms. The van der Waals surface area contributed by atoms with E-state index in [9.17, 15) is 27.6 Å². The van der Waals surface area contributed by atoms with E-state index in [2.05, 4.69) is 20.6 Å². The molecule has 2 N–H and O–H groups in total. The fourth-order valence-corrected chi connectivity index (χ4v) is 3.05. The van der Waals surface area contributed by atoms with Gasteiger partial charge in [0, 0.05) is 18.5 Å². The van der Waals surface area contributed by atoms with Gasteiger partial charge < -0.3 is 10.2 Å². The van der Waals surface area contributed by atoms with Crippen molar-refractivity contribution in [3.63, 3.8) is 0 Å². The Hall–Kier alpha value is -4.27. The summed E-state index contributed by atoms with van der Waals surface area (Å²) in [5.74, 6) is -6.30. The number of nitrogens with zero attached hydrogens (tertiary/aromatic N) is 4. The minimum atomic E-state index is -3.46. The van der Waals surface area contributed by atoms with Crippen LogP contribution in [0.3, 0.4) is 0 Å². The van der Waals surface area contributed by atoms with Crippen LogP contribution in [0.1, 0.15) is 22.6 Å². The van der Waals surface area contributed by atoms with Crippen LogP contribution in [0.25, 0.3) is 0 Å². The van der Waals surface area contributed by atoms with Crippen molar-refractivity contribution >= 4 is 11.7 Å². The van der Waals surface area contributed by atoms with Crippen LogP contribution in [0.5, 0.6) is 0 Å². The number of pyridine rings is 3. The van der Waals surface area contributed by atoms with Gasteiger partial charge >= 0.3 is 11.7 Å². The highest BCUT2D eigenvalue weighted by Crippen LogP contribution is 2.26. The van der Waals surface area contributed by atoms with Crippen molar-refractivity contribution in [3.05, 3.63) is 83.1 Å². The molecule has 3 heterocycles. The quantitative estimate of drug-likeness (QED) is 0.363. The molecule has 0 saturated heterocycles. The first kappa shape index (κ1) is 24.4. The number of carbonyl (C=O) groups is 1. The van der Waals surface area contributed by atoms with E-state index in [1.807, 2.05) is 0 Å². The lowest BCUT2D eigenvalue weighted by atomic mass is 10.1. The molecular weight excluding hydrogens is 456 g/mol. The molecule has 0 bridgehead atoms. The minimum Gasteiger partial charge on any atom is -0.350 e. The van der Waals surface area contributed by atoms with Crippen molar-refractivity contribution in [2.24, 2.45) is 0 Å². The predicted octanol–water partition coefficient (Wildman–Crippen LogP) is 2.04. The maximum Gasteiger partial charge on any atom is 0.350 e. The Balaban J connectivity index is 1.83. The van der Waals surface area contributed by atoms with Gasteiger partial charge in [-0.2, -0.15) is 18.4 Å². The largest absolute Gasteiger partial charge is 0.350 e. The second kappa shape index (κ2) is 10.6.